The van der Waals surface area contributed by atoms with Gasteiger partial charge in [0.05, 0.1) is 20.0 Å². The molecule has 0 saturated heterocycles. The molecule has 2 aromatic carbocycles. The second kappa shape index (κ2) is 8.70. The zero-order valence-corrected chi connectivity index (χ0v) is 18.3. The summed E-state index contributed by atoms with van der Waals surface area (Å²) in [7, 11) is -1.63. The number of sulfonamides is 1. The van der Waals surface area contributed by atoms with E-state index in [4.69, 9.17) is 9.47 Å². The molecule has 2 bridgehead atoms. The van der Waals surface area contributed by atoms with E-state index >= 15 is 0 Å². The highest BCUT2D eigenvalue weighted by molar-refractivity contribution is 7.88. The number of nitrogens with zero attached hydrogens (tertiary/aromatic N) is 1. The molecule has 4 rings (SSSR count). The van der Waals surface area contributed by atoms with Crippen molar-refractivity contribution in [1.82, 2.24) is 9.29 Å². The summed E-state index contributed by atoms with van der Waals surface area (Å²) < 4.78 is 37.7. The van der Waals surface area contributed by atoms with Gasteiger partial charge in [0.1, 0.15) is 0 Å². The quantitative estimate of drug-likeness (QED) is 0.675. The molecule has 2 heterocycles. The minimum atomic E-state index is -3.27. The van der Waals surface area contributed by atoms with Crippen LogP contribution in [0.1, 0.15) is 29.7 Å². The first-order valence-electron chi connectivity index (χ1n) is 10.3. The second-order valence-electron chi connectivity index (χ2n) is 7.76. The molecule has 1 N–H and O–H groups in total. The Hall–Kier alpha value is -2.51. The van der Waals surface area contributed by atoms with Gasteiger partial charge in [0.15, 0.2) is 11.5 Å². The third-order valence-electron chi connectivity index (χ3n) is 5.65. The molecule has 6 nitrogen and oxygen atoms in total. The molecule has 0 aliphatic carbocycles. The van der Waals surface area contributed by atoms with Crippen molar-refractivity contribution in [3.05, 3.63) is 59.3 Å². The smallest absolute Gasteiger partial charge is 0.211 e. The molecule has 160 valence electrons. The van der Waals surface area contributed by atoms with E-state index in [2.05, 4.69) is 23.2 Å². The van der Waals surface area contributed by atoms with E-state index in [-0.39, 0.29) is 0 Å². The van der Waals surface area contributed by atoms with Crippen LogP contribution in [0.15, 0.2) is 42.5 Å². The summed E-state index contributed by atoms with van der Waals surface area (Å²) in [6, 6.07) is 14.2. The van der Waals surface area contributed by atoms with Gasteiger partial charge in [0.25, 0.3) is 0 Å². The number of aromatic amines is 1. The number of hydrogen-bond donors (Lipinski definition) is 1. The Kier molecular flexibility index (Phi) is 6.01. The van der Waals surface area contributed by atoms with Gasteiger partial charge in [0, 0.05) is 36.1 Å². The molecular formula is C23H28N2O4S. The fourth-order valence-electron chi connectivity index (χ4n) is 4.09. The van der Waals surface area contributed by atoms with E-state index in [9.17, 15) is 8.42 Å². The normalized spacial score (nSPS) is 16.5. The Morgan fingerprint density at radius 2 is 1.93 bits per heavy atom. The molecule has 0 radical (unpaired) electrons. The number of methoxy groups -OCH3 is 1. The SMILES string of the molecule is COc1ccc2cc1OCCCCN(S(C)(=O)=O)CCc1c([nH]c3ccccc13)C2. The predicted octanol–water partition coefficient (Wildman–Crippen LogP) is 3.74. The van der Waals surface area contributed by atoms with Crippen LogP contribution >= 0.6 is 0 Å². The van der Waals surface area contributed by atoms with Crippen LogP contribution in [0.3, 0.4) is 0 Å². The number of H-pyrrole nitrogens is 1. The Bertz CT molecular complexity index is 1140. The number of benzene rings is 2. The molecular weight excluding hydrogens is 400 g/mol. The predicted molar refractivity (Wildman–Crippen MR) is 119 cm³/mol. The summed E-state index contributed by atoms with van der Waals surface area (Å²) >= 11 is 0. The van der Waals surface area contributed by atoms with Gasteiger partial charge in [-0.15, -0.1) is 0 Å². The molecule has 0 amide bonds. The van der Waals surface area contributed by atoms with Gasteiger partial charge in [-0.25, -0.2) is 12.7 Å². The molecule has 3 aromatic rings. The zero-order valence-electron chi connectivity index (χ0n) is 17.5. The van der Waals surface area contributed by atoms with E-state index < -0.39 is 10.0 Å². The maximum absolute atomic E-state index is 12.3. The van der Waals surface area contributed by atoms with Crippen LogP contribution in [0, 0.1) is 0 Å². The highest BCUT2D eigenvalue weighted by Crippen LogP contribution is 2.31. The average Bonchev–Trinajstić information content (AvgIpc) is 3.06. The lowest BCUT2D eigenvalue weighted by molar-refractivity contribution is 0.279. The van der Waals surface area contributed by atoms with E-state index in [0.717, 1.165) is 40.8 Å². The van der Waals surface area contributed by atoms with Crippen LogP contribution in [0.2, 0.25) is 0 Å². The van der Waals surface area contributed by atoms with Crippen molar-refractivity contribution in [2.45, 2.75) is 25.7 Å². The van der Waals surface area contributed by atoms with Crippen LogP contribution in [0.5, 0.6) is 11.5 Å². The van der Waals surface area contributed by atoms with Gasteiger partial charge in [-0.2, -0.15) is 0 Å². The topological polar surface area (TPSA) is 71.6 Å². The molecule has 0 saturated carbocycles. The number of ether oxygens (including phenoxy) is 2. The Morgan fingerprint density at radius 1 is 1.10 bits per heavy atom. The van der Waals surface area contributed by atoms with Crippen molar-refractivity contribution >= 4 is 20.9 Å². The summed E-state index contributed by atoms with van der Waals surface area (Å²) in [5.41, 5.74) is 4.48. The fourth-order valence-corrected chi connectivity index (χ4v) is 4.98. The Labute approximate surface area is 177 Å². The first kappa shape index (κ1) is 20.8. The van der Waals surface area contributed by atoms with Gasteiger partial charge in [-0.05, 0) is 48.6 Å². The van der Waals surface area contributed by atoms with Crippen LogP contribution in [0.4, 0.5) is 0 Å². The first-order valence-corrected chi connectivity index (χ1v) is 12.1. The first-order chi connectivity index (χ1) is 14.5. The maximum Gasteiger partial charge on any atom is 0.211 e. The summed E-state index contributed by atoms with van der Waals surface area (Å²) in [4.78, 5) is 3.55. The summed E-state index contributed by atoms with van der Waals surface area (Å²) in [6.07, 6.45) is 4.20. The molecule has 0 atom stereocenters. The molecule has 0 unspecified atom stereocenters. The minimum Gasteiger partial charge on any atom is -0.493 e. The lowest BCUT2D eigenvalue weighted by atomic mass is 10.0. The second-order valence-corrected chi connectivity index (χ2v) is 9.74. The van der Waals surface area contributed by atoms with Crippen molar-refractivity contribution in [2.24, 2.45) is 0 Å². The Balaban J connectivity index is 1.76. The lowest BCUT2D eigenvalue weighted by Crippen LogP contribution is -2.33. The van der Waals surface area contributed by atoms with E-state index in [0.29, 0.717) is 38.3 Å². The number of aromatic nitrogens is 1. The standard InChI is InChI=1S/C23H28N2O4S/c1-28-22-10-9-17-15-21-19(18-7-3-4-8-20(18)24-21)11-13-25(30(2,26)27)12-5-6-14-29-23(22)16-17/h3-4,7-10,16,24H,5-6,11-15H2,1-2H3. The monoisotopic (exact) mass is 428 g/mol. The van der Waals surface area contributed by atoms with Crippen molar-refractivity contribution in [3.63, 3.8) is 0 Å². The molecule has 1 aliphatic heterocycles. The molecule has 0 fully saturated rings. The number of hydrogen-bond acceptors (Lipinski definition) is 4. The molecule has 0 spiro atoms. The molecule has 7 heteroatoms. The van der Waals surface area contributed by atoms with E-state index in [1.165, 1.54) is 11.8 Å². The molecule has 1 aliphatic rings. The van der Waals surface area contributed by atoms with Crippen LogP contribution in [-0.2, 0) is 22.9 Å². The summed E-state index contributed by atoms with van der Waals surface area (Å²) in [5.74, 6) is 1.44. The van der Waals surface area contributed by atoms with Gasteiger partial charge >= 0.3 is 0 Å². The highest BCUT2D eigenvalue weighted by atomic mass is 32.2. The van der Waals surface area contributed by atoms with Gasteiger partial charge < -0.3 is 14.5 Å². The van der Waals surface area contributed by atoms with Gasteiger partial charge in [-0.1, -0.05) is 24.3 Å². The van der Waals surface area contributed by atoms with E-state index in [1.807, 2.05) is 24.3 Å². The summed E-state index contributed by atoms with van der Waals surface area (Å²) in [5, 5.41) is 1.15. The van der Waals surface area contributed by atoms with Gasteiger partial charge in [0.2, 0.25) is 10.0 Å². The average molecular weight is 429 g/mol. The van der Waals surface area contributed by atoms with Crippen molar-refractivity contribution in [3.8, 4) is 11.5 Å². The summed E-state index contributed by atoms with van der Waals surface area (Å²) in [6.45, 7) is 1.49. The fraction of sp³-hybridized carbons (Fsp3) is 0.391. The number of fused-ring (bicyclic) bond motifs is 5. The third-order valence-corrected chi connectivity index (χ3v) is 6.95. The largest absolute Gasteiger partial charge is 0.493 e. The van der Waals surface area contributed by atoms with Crippen LogP contribution < -0.4 is 9.47 Å². The van der Waals surface area contributed by atoms with Crippen LogP contribution in [0.25, 0.3) is 10.9 Å². The Morgan fingerprint density at radius 3 is 2.73 bits per heavy atom. The highest BCUT2D eigenvalue weighted by Gasteiger charge is 2.20. The lowest BCUT2D eigenvalue weighted by Gasteiger charge is -2.21. The number of rotatable bonds is 2. The van der Waals surface area contributed by atoms with Crippen molar-refractivity contribution in [1.29, 1.82) is 0 Å². The maximum atomic E-state index is 12.3. The van der Waals surface area contributed by atoms with E-state index in [1.54, 1.807) is 11.4 Å². The van der Waals surface area contributed by atoms with Crippen molar-refractivity contribution < 1.29 is 17.9 Å². The van der Waals surface area contributed by atoms with Crippen LogP contribution in [-0.4, -0.2) is 50.8 Å². The number of para-hydroxylation sites is 1. The number of nitrogens with one attached hydrogen (secondary N) is 1. The van der Waals surface area contributed by atoms with Crippen molar-refractivity contribution in [2.75, 3.05) is 33.1 Å². The molecule has 1 aromatic heterocycles. The van der Waals surface area contributed by atoms with Gasteiger partial charge in [-0.3, -0.25) is 0 Å². The molecule has 30 heavy (non-hydrogen) atoms. The minimum absolute atomic E-state index is 0.475. The third kappa shape index (κ3) is 4.47. The zero-order chi connectivity index (χ0) is 21.1.